The van der Waals surface area contributed by atoms with Crippen molar-refractivity contribution in [1.82, 2.24) is 0 Å². The SMILES string of the molecule is COC(=O)CC(c1ccc(Cl)cc1)C(C)(C)C. The van der Waals surface area contributed by atoms with Gasteiger partial charge in [0.25, 0.3) is 0 Å². The Bertz CT molecular complexity index is 376. The minimum absolute atomic E-state index is 0.00200. The number of carbonyl (C=O) groups is 1. The molecule has 0 N–H and O–H groups in total. The van der Waals surface area contributed by atoms with E-state index in [0.717, 1.165) is 5.56 Å². The van der Waals surface area contributed by atoms with E-state index in [4.69, 9.17) is 16.3 Å². The Morgan fingerprint density at radius 3 is 2.24 bits per heavy atom. The molecule has 0 fully saturated rings. The van der Waals surface area contributed by atoms with Crippen molar-refractivity contribution < 1.29 is 9.53 Å². The summed E-state index contributed by atoms with van der Waals surface area (Å²) >= 11 is 5.87. The lowest BCUT2D eigenvalue weighted by molar-refractivity contribution is -0.141. The molecule has 0 bridgehead atoms. The maximum Gasteiger partial charge on any atom is 0.306 e. The lowest BCUT2D eigenvalue weighted by atomic mass is 9.75. The van der Waals surface area contributed by atoms with Gasteiger partial charge in [-0.15, -0.1) is 0 Å². The number of benzene rings is 1. The number of rotatable bonds is 3. The van der Waals surface area contributed by atoms with Crippen LogP contribution in [0.2, 0.25) is 5.02 Å². The molecule has 0 aliphatic rings. The van der Waals surface area contributed by atoms with E-state index in [0.29, 0.717) is 11.4 Å². The van der Waals surface area contributed by atoms with E-state index in [2.05, 4.69) is 20.8 Å². The first-order valence-corrected chi connectivity index (χ1v) is 6.04. The van der Waals surface area contributed by atoms with Gasteiger partial charge in [-0.05, 0) is 29.0 Å². The fourth-order valence-corrected chi connectivity index (χ4v) is 2.00. The Labute approximate surface area is 108 Å². The van der Waals surface area contributed by atoms with Gasteiger partial charge in [0, 0.05) is 5.02 Å². The minimum Gasteiger partial charge on any atom is -0.469 e. The number of hydrogen-bond acceptors (Lipinski definition) is 2. The molecule has 2 nitrogen and oxygen atoms in total. The Morgan fingerprint density at radius 2 is 1.82 bits per heavy atom. The second kappa shape index (κ2) is 5.54. The Hall–Kier alpha value is -1.02. The van der Waals surface area contributed by atoms with E-state index in [1.54, 1.807) is 0 Å². The lowest BCUT2D eigenvalue weighted by Crippen LogP contribution is -2.22. The molecule has 0 saturated heterocycles. The van der Waals surface area contributed by atoms with Gasteiger partial charge in [0.05, 0.1) is 13.5 Å². The maximum atomic E-state index is 11.5. The molecule has 1 aromatic rings. The minimum atomic E-state index is -0.181. The van der Waals surface area contributed by atoms with E-state index in [-0.39, 0.29) is 17.3 Å². The van der Waals surface area contributed by atoms with Gasteiger partial charge in [0.2, 0.25) is 0 Å². The number of ether oxygens (including phenoxy) is 1. The monoisotopic (exact) mass is 254 g/mol. The van der Waals surface area contributed by atoms with Gasteiger partial charge in [-0.2, -0.15) is 0 Å². The number of methoxy groups -OCH3 is 1. The average Bonchev–Trinajstić information content (AvgIpc) is 2.25. The highest BCUT2D eigenvalue weighted by molar-refractivity contribution is 6.30. The van der Waals surface area contributed by atoms with Crippen molar-refractivity contribution in [2.24, 2.45) is 5.41 Å². The van der Waals surface area contributed by atoms with Gasteiger partial charge < -0.3 is 4.74 Å². The van der Waals surface area contributed by atoms with Crippen LogP contribution in [0.15, 0.2) is 24.3 Å². The summed E-state index contributed by atoms with van der Waals surface area (Å²) in [6.07, 6.45) is 0.391. The number of halogens is 1. The van der Waals surface area contributed by atoms with E-state index in [1.807, 2.05) is 24.3 Å². The molecule has 17 heavy (non-hydrogen) atoms. The van der Waals surface area contributed by atoms with E-state index in [1.165, 1.54) is 7.11 Å². The summed E-state index contributed by atoms with van der Waals surface area (Å²) in [5, 5.41) is 0.708. The molecule has 1 aromatic carbocycles. The van der Waals surface area contributed by atoms with E-state index >= 15 is 0 Å². The van der Waals surface area contributed by atoms with Gasteiger partial charge in [0.15, 0.2) is 0 Å². The predicted octanol–water partition coefficient (Wildman–Crippen LogP) is 4.03. The van der Waals surface area contributed by atoms with Crippen LogP contribution >= 0.6 is 11.6 Å². The summed E-state index contributed by atoms with van der Waals surface area (Å²) in [6, 6.07) is 7.65. The van der Waals surface area contributed by atoms with Crippen molar-refractivity contribution in [2.75, 3.05) is 7.11 Å². The van der Waals surface area contributed by atoms with Crippen LogP contribution in [0.5, 0.6) is 0 Å². The van der Waals surface area contributed by atoms with Crippen LogP contribution in [0, 0.1) is 5.41 Å². The van der Waals surface area contributed by atoms with Crippen molar-refractivity contribution in [3.8, 4) is 0 Å². The summed E-state index contributed by atoms with van der Waals surface area (Å²) < 4.78 is 4.76. The molecule has 0 spiro atoms. The fourth-order valence-electron chi connectivity index (χ4n) is 1.87. The van der Waals surface area contributed by atoms with Crippen LogP contribution in [-0.4, -0.2) is 13.1 Å². The van der Waals surface area contributed by atoms with Gasteiger partial charge in [0.1, 0.15) is 0 Å². The first-order valence-electron chi connectivity index (χ1n) is 5.67. The van der Waals surface area contributed by atoms with Crippen LogP contribution in [-0.2, 0) is 9.53 Å². The van der Waals surface area contributed by atoms with Crippen LogP contribution in [0.1, 0.15) is 38.7 Å². The maximum absolute atomic E-state index is 11.5. The molecule has 0 heterocycles. The van der Waals surface area contributed by atoms with Gasteiger partial charge in [-0.1, -0.05) is 44.5 Å². The van der Waals surface area contributed by atoms with Gasteiger partial charge in [-0.25, -0.2) is 0 Å². The van der Waals surface area contributed by atoms with Crippen LogP contribution in [0.3, 0.4) is 0 Å². The first kappa shape index (κ1) is 14.0. The molecular weight excluding hydrogens is 236 g/mol. The summed E-state index contributed by atoms with van der Waals surface area (Å²) in [6.45, 7) is 6.36. The highest BCUT2D eigenvalue weighted by atomic mass is 35.5. The van der Waals surface area contributed by atoms with Crippen molar-refractivity contribution in [2.45, 2.75) is 33.1 Å². The van der Waals surface area contributed by atoms with Crippen LogP contribution in [0.25, 0.3) is 0 Å². The predicted molar refractivity (Wildman–Crippen MR) is 70.3 cm³/mol. The van der Waals surface area contributed by atoms with Crippen molar-refractivity contribution in [1.29, 1.82) is 0 Å². The molecule has 0 amide bonds. The second-order valence-electron chi connectivity index (χ2n) is 5.25. The molecule has 0 aliphatic carbocycles. The van der Waals surface area contributed by atoms with E-state index in [9.17, 15) is 4.79 Å². The zero-order valence-corrected chi connectivity index (χ0v) is 11.5. The molecule has 1 rings (SSSR count). The molecule has 1 unspecified atom stereocenters. The van der Waals surface area contributed by atoms with Crippen LogP contribution < -0.4 is 0 Å². The number of esters is 1. The largest absolute Gasteiger partial charge is 0.469 e. The third-order valence-electron chi connectivity index (χ3n) is 2.92. The molecule has 0 radical (unpaired) electrons. The highest BCUT2D eigenvalue weighted by Crippen LogP contribution is 2.38. The van der Waals surface area contributed by atoms with Gasteiger partial charge >= 0.3 is 5.97 Å². The molecule has 1 atom stereocenters. The number of hydrogen-bond donors (Lipinski definition) is 0. The summed E-state index contributed by atoms with van der Waals surface area (Å²) in [4.78, 5) is 11.5. The first-order chi connectivity index (χ1) is 7.84. The molecular formula is C14H19ClO2. The molecule has 0 aromatic heterocycles. The third kappa shape index (κ3) is 4.04. The third-order valence-corrected chi connectivity index (χ3v) is 3.17. The summed E-state index contributed by atoms with van der Waals surface area (Å²) in [5.41, 5.74) is 1.12. The summed E-state index contributed by atoms with van der Waals surface area (Å²) in [7, 11) is 1.42. The van der Waals surface area contributed by atoms with E-state index < -0.39 is 0 Å². The quantitative estimate of drug-likeness (QED) is 0.761. The molecule has 0 aliphatic heterocycles. The summed E-state index contributed by atoms with van der Waals surface area (Å²) in [5.74, 6) is -0.0490. The highest BCUT2D eigenvalue weighted by Gasteiger charge is 2.28. The molecule has 0 saturated carbocycles. The smallest absolute Gasteiger partial charge is 0.306 e. The number of carbonyl (C=O) groups excluding carboxylic acids is 1. The zero-order chi connectivity index (χ0) is 13.1. The Kier molecular flexibility index (Phi) is 4.58. The zero-order valence-electron chi connectivity index (χ0n) is 10.8. The lowest BCUT2D eigenvalue weighted by Gasteiger charge is -2.30. The standard InChI is InChI=1S/C14H19ClO2/c1-14(2,3)12(9-13(16)17-4)10-5-7-11(15)8-6-10/h5-8,12H,9H2,1-4H3. The topological polar surface area (TPSA) is 26.3 Å². The van der Waals surface area contributed by atoms with Crippen LogP contribution in [0.4, 0.5) is 0 Å². The van der Waals surface area contributed by atoms with Crippen molar-refractivity contribution in [3.05, 3.63) is 34.9 Å². The van der Waals surface area contributed by atoms with Crippen molar-refractivity contribution in [3.63, 3.8) is 0 Å². The normalized spacial score (nSPS) is 13.2. The van der Waals surface area contributed by atoms with Gasteiger partial charge in [-0.3, -0.25) is 4.79 Å². The fraction of sp³-hybridized carbons (Fsp3) is 0.500. The van der Waals surface area contributed by atoms with Crippen molar-refractivity contribution >= 4 is 17.6 Å². The Morgan fingerprint density at radius 1 is 1.29 bits per heavy atom. The average molecular weight is 255 g/mol. The second-order valence-corrected chi connectivity index (χ2v) is 5.69. The Balaban J connectivity index is 2.98. The molecule has 3 heteroatoms. The molecule has 94 valence electrons.